The highest BCUT2D eigenvalue weighted by molar-refractivity contribution is 8.02. The molecule has 36 valence electrons. The van der Waals surface area contributed by atoms with Crippen LogP contribution in [0.4, 0.5) is 0 Å². The third kappa shape index (κ3) is 53.0. The van der Waals surface area contributed by atoms with E-state index in [-0.39, 0.29) is 30.5 Å². The SMILES string of the molecule is C.O=[S](O)[AlH2].[MgH2]. The van der Waals surface area contributed by atoms with E-state index in [1.807, 2.05) is 0 Å². The van der Waals surface area contributed by atoms with Crippen molar-refractivity contribution in [2.75, 3.05) is 0 Å². The number of hydrogen-bond acceptors (Lipinski definition) is 1. The fraction of sp³-hybridized carbons (Fsp3) is 1.00. The Hall–Kier alpha value is 1.41. The first-order valence-corrected chi connectivity index (χ1v) is 4.72. The molecule has 0 bridgehead atoms. The molecule has 0 aliphatic heterocycles. The van der Waals surface area contributed by atoms with Gasteiger partial charge in [0, 0.05) is 9.45 Å². The van der Waals surface area contributed by atoms with Gasteiger partial charge in [-0.1, -0.05) is 7.43 Å². The molecule has 0 aromatic heterocycles. The average molecular weight is 136 g/mol. The van der Waals surface area contributed by atoms with Crippen LogP contribution in [-0.2, 0) is 9.45 Å². The van der Waals surface area contributed by atoms with Gasteiger partial charge in [0.15, 0.2) is 0 Å². The molecular formula is CH9AlMgO2S. The Kier molecular flexibility index (Phi) is 25.2. The molecule has 0 saturated heterocycles. The lowest BCUT2D eigenvalue weighted by molar-refractivity contribution is 0.580. The monoisotopic (exact) mass is 136 g/mol. The fourth-order valence-corrected chi connectivity index (χ4v) is 0. The average Bonchev–Trinajstić information content (AvgIpc) is 0.811. The van der Waals surface area contributed by atoms with Crippen LogP contribution >= 0.6 is 0 Å². The molecule has 0 radical (unpaired) electrons. The van der Waals surface area contributed by atoms with E-state index in [1.54, 1.807) is 0 Å². The fourth-order valence-electron chi connectivity index (χ4n) is 0. The van der Waals surface area contributed by atoms with E-state index in [0.29, 0.717) is 15.2 Å². The van der Waals surface area contributed by atoms with Crippen LogP contribution in [0.2, 0.25) is 0 Å². The van der Waals surface area contributed by atoms with Crippen LogP contribution in [0.1, 0.15) is 7.43 Å². The van der Waals surface area contributed by atoms with Crippen LogP contribution < -0.4 is 0 Å². The molecule has 6 heavy (non-hydrogen) atoms. The normalized spacial score (nSPS) is 10.2. The zero-order valence-electron chi connectivity index (χ0n) is 2.26. The quantitative estimate of drug-likeness (QED) is 0.324. The van der Waals surface area contributed by atoms with E-state index in [4.69, 9.17) is 4.55 Å². The molecule has 0 heterocycles. The molecule has 0 amide bonds. The van der Waals surface area contributed by atoms with Crippen LogP contribution in [0.25, 0.3) is 0 Å². The first-order chi connectivity index (χ1) is 1.73. The Morgan fingerprint density at radius 2 is 1.67 bits per heavy atom. The van der Waals surface area contributed by atoms with Gasteiger partial charge in [0.2, 0.25) is 0 Å². The third-order valence-corrected chi connectivity index (χ3v) is 0. The molecule has 0 saturated carbocycles. The van der Waals surface area contributed by atoms with Crippen LogP contribution in [0.5, 0.6) is 0 Å². The molecular weight excluding hydrogens is 127 g/mol. The van der Waals surface area contributed by atoms with Crippen LogP contribution in [0.15, 0.2) is 0 Å². The lowest BCUT2D eigenvalue weighted by Crippen LogP contribution is -1.76. The Bertz CT molecular complexity index is 36.5. The molecule has 1 N–H and O–H groups in total. The maximum atomic E-state index is 9.17. The van der Waals surface area contributed by atoms with Gasteiger partial charge in [-0.15, -0.1) is 0 Å². The molecule has 1 unspecified atom stereocenters. The zero-order chi connectivity index (χ0) is 3.58. The molecule has 0 spiro atoms. The summed E-state index contributed by atoms with van der Waals surface area (Å²) >= 11 is 0.377. The van der Waals surface area contributed by atoms with Gasteiger partial charge in [0.1, 0.15) is 0 Å². The molecule has 0 aliphatic carbocycles. The molecule has 1 atom stereocenters. The maximum absolute atomic E-state index is 9.17. The molecule has 0 aliphatic rings. The Labute approximate surface area is 63.6 Å². The van der Waals surface area contributed by atoms with Gasteiger partial charge in [-0.25, -0.2) is 0 Å². The molecule has 5 heteroatoms. The minimum atomic E-state index is -1.47. The molecule has 0 fully saturated rings. The molecule has 0 rings (SSSR count). The van der Waals surface area contributed by atoms with Crippen LogP contribution in [0.3, 0.4) is 0 Å². The van der Waals surface area contributed by atoms with Gasteiger partial charge in [0.25, 0.3) is 0 Å². The van der Waals surface area contributed by atoms with Crippen molar-refractivity contribution in [2.45, 2.75) is 7.43 Å². The summed E-state index contributed by atoms with van der Waals surface area (Å²) < 4.78 is 16.8. The Balaban J connectivity index is -0.0000000450. The predicted octanol–water partition coefficient (Wildman–Crippen LogP) is -1.52. The van der Waals surface area contributed by atoms with Crippen LogP contribution in [-0.4, -0.2) is 47.0 Å². The van der Waals surface area contributed by atoms with E-state index in [2.05, 4.69) is 0 Å². The van der Waals surface area contributed by atoms with Crippen molar-refractivity contribution in [3.63, 3.8) is 0 Å². The highest BCUT2D eigenvalue weighted by atomic mass is 32.3. The van der Waals surface area contributed by atoms with E-state index in [1.165, 1.54) is 0 Å². The predicted molar refractivity (Wildman–Crippen MR) is 34.6 cm³/mol. The van der Waals surface area contributed by atoms with Gasteiger partial charge in [-0.05, 0) is 0 Å². The summed E-state index contributed by atoms with van der Waals surface area (Å²) in [5, 5.41) is 0. The number of hydrogen-bond donors (Lipinski definition) is 1. The van der Waals surface area contributed by atoms with Gasteiger partial charge < -0.3 is 4.55 Å². The Morgan fingerprint density at radius 3 is 1.67 bits per heavy atom. The van der Waals surface area contributed by atoms with Crippen molar-refractivity contribution in [1.82, 2.24) is 0 Å². The largest absolute Gasteiger partial charge is 0.403 e. The second-order valence-corrected chi connectivity index (χ2v) is 3.37. The molecule has 2 nitrogen and oxygen atoms in total. The van der Waals surface area contributed by atoms with E-state index < -0.39 is 9.45 Å². The van der Waals surface area contributed by atoms with Crippen molar-refractivity contribution in [1.29, 1.82) is 0 Å². The zero-order valence-corrected chi connectivity index (χ0v) is 5.08. The maximum Gasteiger partial charge on any atom is 0.403 e. The van der Waals surface area contributed by atoms with Gasteiger partial charge in [0.05, 0.1) is 0 Å². The minimum absolute atomic E-state index is 0. The summed E-state index contributed by atoms with van der Waals surface area (Å²) in [6.45, 7) is 0. The first-order valence-electron chi connectivity index (χ1n) is 0.757. The third-order valence-electron chi connectivity index (χ3n) is 0. The highest BCUT2D eigenvalue weighted by Crippen LogP contribution is 1.42. The van der Waals surface area contributed by atoms with Crippen molar-refractivity contribution < 1.29 is 8.76 Å². The van der Waals surface area contributed by atoms with Gasteiger partial charge >= 0.3 is 38.2 Å². The van der Waals surface area contributed by atoms with Crippen molar-refractivity contribution in [3.05, 3.63) is 0 Å². The lowest BCUT2D eigenvalue weighted by Gasteiger charge is -1.61. The topological polar surface area (TPSA) is 37.3 Å². The lowest BCUT2D eigenvalue weighted by atomic mass is 12.0. The van der Waals surface area contributed by atoms with Gasteiger partial charge in [-0.3, -0.25) is 4.21 Å². The van der Waals surface area contributed by atoms with Gasteiger partial charge in [-0.2, -0.15) is 0 Å². The van der Waals surface area contributed by atoms with E-state index in [9.17, 15) is 4.21 Å². The number of rotatable bonds is 0. The standard InChI is InChI=1S/CH4.Al.Mg.O2S.4H/c;;;1-3-2;;;;/h1H4;;;;;;;/q;-1;;;;;;/p+1. The molecule has 0 aromatic rings. The van der Waals surface area contributed by atoms with Crippen molar-refractivity contribution >= 4 is 47.7 Å². The smallest absolute Gasteiger partial charge is 0.324 e. The second-order valence-electron chi connectivity index (χ2n) is 0.424. The van der Waals surface area contributed by atoms with Crippen molar-refractivity contribution in [3.8, 4) is 0 Å². The second kappa shape index (κ2) is 9.65. The first kappa shape index (κ1) is 15.7. The summed E-state index contributed by atoms with van der Waals surface area (Å²) in [6, 6.07) is 0. The Morgan fingerprint density at radius 1 is 1.67 bits per heavy atom. The summed E-state index contributed by atoms with van der Waals surface area (Å²) in [5.74, 6) is 0. The molecule has 0 aromatic carbocycles. The summed E-state index contributed by atoms with van der Waals surface area (Å²) in [6.07, 6.45) is 0. The summed E-state index contributed by atoms with van der Waals surface area (Å²) in [5.41, 5.74) is 0. The van der Waals surface area contributed by atoms with Crippen LogP contribution in [0, 0.1) is 0 Å². The van der Waals surface area contributed by atoms with Crippen molar-refractivity contribution in [2.24, 2.45) is 0 Å². The highest BCUT2D eigenvalue weighted by Gasteiger charge is 1.63. The van der Waals surface area contributed by atoms with E-state index in [0.717, 1.165) is 0 Å². The minimum Gasteiger partial charge on any atom is -0.324 e. The summed E-state index contributed by atoms with van der Waals surface area (Å²) in [7, 11) is -1.47. The summed E-state index contributed by atoms with van der Waals surface area (Å²) in [4.78, 5) is 0. The van der Waals surface area contributed by atoms with E-state index >= 15 is 0 Å².